The molecule has 1 aliphatic rings. The number of aromatic nitrogens is 4. The summed E-state index contributed by atoms with van der Waals surface area (Å²) in [6.07, 6.45) is 6.72. The Labute approximate surface area is 105 Å². The SMILES string of the molecule is Cn1cncc1-c1noc(C2CCC(O)CC2)n1. The van der Waals surface area contributed by atoms with E-state index in [-0.39, 0.29) is 12.0 Å². The molecule has 18 heavy (non-hydrogen) atoms. The number of hydrogen-bond acceptors (Lipinski definition) is 5. The monoisotopic (exact) mass is 248 g/mol. The first-order chi connectivity index (χ1) is 8.74. The highest BCUT2D eigenvalue weighted by atomic mass is 16.5. The van der Waals surface area contributed by atoms with Crippen molar-refractivity contribution >= 4 is 0 Å². The van der Waals surface area contributed by atoms with Gasteiger partial charge >= 0.3 is 0 Å². The summed E-state index contributed by atoms with van der Waals surface area (Å²) < 4.78 is 7.19. The molecule has 6 heteroatoms. The molecule has 0 spiro atoms. The van der Waals surface area contributed by atoms with Crippen molar-refractivity contribution in [3.8, 4) is 11.5 Å². The molecule has 2 heterocycles. The van der Waals surface area contributed by atoms with E-state index in [4.69, 9.17) is 4.52 Å². The summed E-state index contributed by atoms with van der Waals surface area (Å²) in [4.78, 5) is 8.48. The van der Waals surface area contributed by atoms with E-state index < -0.39 is 0 Å². The average molecular weight is 248 g/mol. The summed E-state index contributed by atoms with van der Waals surface area (Å²) in [5, 5.41) is 13.5. The lowest BCUT2D eigenvalue weighted by atomic mass is 9.87. The number of imidazole rings is 1. The van der Waals surface area contributed by atoms with E-state index in [9.17, 15) is 5.11 Å². The molecular formula is C12H16N4O2. The Morgan fingerprint density at radius 3 is 2.78 bits per heavy atom. The predicted molar refractivity (Wildman–Crippen MR) is 63.7 cm³/mol. The molecule has 0 bridgehead atoms. The van der Waals surface area contributed by atoms with Gasteiger partial charge in [-0.05, 0) is 25.7 Å². The van der Waals surface area contributed by atoms with Crippen LogP contribution in [0.3, 0.4) is 0 Å². The molecule has 0 atom stereocenters. The maximum atomic E-state index is 9.49. The first-order valence-electron chi connectivity index (χ1n) is 6.22. The van der Waals surface area contributed by atoms with Gasteiger partial charge in [0.25, 0.3) is 0 Å². The van der Waals surface area contributed by atoms with Crippen molar-refractivity contribution in [2.75, 3.05) is 0 Å². The highest BCUT2D eigenvalue weighted by molar-refractivity contribution is 5.47. The molecule has 6 nitrogen and oxygen atoms in total. The molecule has 0 saturated heterocycles. The van der Waals surface area contributed by atoms with Crippen molar-refractivity contribution in [2.45, 2.75) is 37.7 Å². The van der Waals surface area contributed by atoms with E-state index >= 15 is 0 Å². The summed E-state index contributed by atoms with van der Waals surface area (Å²) in [7, 11) is 1.90. The van der Waals surface area contributed by atoms with Gasteiger partial charge in [-0.1, -0.05) is 5.16 Å². The van der Waals surface area contributed by atoms with Gasteiger partial charge < -0.3 is 14.2 Å². The van der Waals surface area contributed by atoms with Crippen LogP contribution in [0.15, 0.2) is 17.0 Å². The first-order valence-corrected chi connectivity index (χ1v) is 6.22. The molecule has 0 aliphatic heterocycles. The van der Waals surface area contributed by atoms with E-state index in [1.165, 1.54) is 0 Å². The normalized spacial score (nSPS) is 24.3. The summed E-state index contributed by atoms with van der Waals surface area (Å²) >= 11 is 0. The summed E-state index contributed by atoms with van der Waals surface area (Å²) in [5.41, 5.74) is 0.848. The van der Waals surface area contributed by atoms with Gasteiger partial charge in [0.15, 0.2) is 0 Å². The van der Waals surface area contributed by atoms with Crippen LogP contribution in [0.2, 0.25) is 0 Å². The highest BCUT2D eigenvalue weighted by Gasteiger charge is 2.25. The smallest absolute Gasteiger partial charge is 0.230 e. The van der Waals surface area contributed by atoms with Gasteiger partial charge in [-0.3, -0.25) is 0 Å². The van der Waals surface area contributed by atoms with Crippen LogP contribution in [0.25, 0.3) is 11.5 Å². The molecule has 0 amide bonds. The van der Waals surface area contributed by atoms with E-state index in [2.05, 4.69) is 15.1 Å². The van der Waals surface area contributed by atoms with Gasteiger partial charge in [0.05, 0.1) is 18.6 Å². The Kier molecular flexibility index (Phi) is 2.87. The molecule has 1 aliphatic carbocycles. The Hall–Kier alpha value is -1.69. The van der Waals surface area contributed by atoms with Gasteiger partial charge in [0.2, 0.25) is 11.7 Å². The van der Waals surface area contributed by atoms with Crippen molar-refractivity contribution in [1.82, 2.24) is 19.7 Å². The van der Waals surface area contributed by atoms with Crippen molar-refractivity contribution in [2.24, 2.45) is 7.05 Å². The van der Waals surface area contributed by atoms with Gasteiger partial charge in [-0.25, -0.2) is 4.98 Å². The number of aliphatic hydroxyl groups is 1. The Balaban J connectivity index is 1.80. The summed E-state index contributed by atoms with van der Waals surface area (Å²) in [6, 6.07) is 0. The molecule has 0 radical (unpaired) electrons. The Morgan fingerprint density at radius 1 is 1.33 bits per heavy atom. The molecule has 2 aromatic rings. The summed E-state index contributed by atoms with van der Waals surface area (Å²) in [5.74, 6) is 1.54. The number of aryl methyl sites for hydroxylation is 1. The second-order valence-electron chi connectivity index (χ2n) is 4.85. The second-order valence-corrected chi connectivity index (χ2v) is 4.85. The Bertz CT molecular complexity index is 526. The zero-order valence-electron chi connectivity index (χ0n) is 10.3. The van der Waals surface area contributed by atoms with E-state index in [1.54, 1.807) is 12.5 Å². The van der Waals surface area contributed by atoms with Crippen LogP contribution in [0.4, 0.5) is 0 Å². The molecule has 96 valence electrons. The second kappa shape index (κ2) is 4.53. The maximum absolute atomic E-state index is 9.49. The van der Waals surface area contributed by atoms with Gasteiger partial charge in [0.1, 0.15) is 5.69 Å². The molecule has 1 saturated carbocycles. The molecule has 2 aromatic heterocycles. The molecule has 0 unspecified atom stereocenters. The topological polar surface area (TPSA) is 77.0 Å². The van der Waals surface area contributed by atoms with E-state index in [0.717, 1.165) is 31.4 Å². The molecule has 1 fully saturated rings. The molecule has 0 aromatic carbocycles. The average Bonchev–Trinajstić information content (AvgIpc) is 2.98. The Morgan fingerprint density at radius 2 is 2.11 bits per heavy atom. The zero-order chi connectivity index (χ0) is 12.5. The van der Waals surface area contributed by atoms with Gasteiger partial charge in [-0.15, -0.1) is 0 Å². The fourth-order valence-corrected chi connectivity index (χ4v) is 2.40. The van der Waals surface area contributed by atoms with Crippen molar-refractivity contribution in [3.05, 3.63) is 18.4 Å². The third-order valence-corrected chi connectivity index (χ3v) is 3.53. The lowest BCUT2D eigenvalue weighted by Crippen LogP contribution is -2.17. The minimum absolute atomic E-state index is 0.166. The standard InChI is InChI=1S/C12H16N4O2/c1-16-7-13-6-10(16)11-14-12(18-15-11)8-2-4-9(17)5-3-8/h6-9,17H,2-5H2,1H3. The fraction of sp³-hybridized carbons (Fsp3) is 0.583. The number of nitrogens with zero attached hydrogens (tertiary/aromatic N) is 4. The van der Waals surface area contributed by atoms with Crippen molar-refractivity contribution in [1.29, 1.82) is 0 Å². The van der Waals surface area contributed by atoms with Crippen LogP contribution < -0.4 is 0 Å². The van der Waals surface area contributed by atoms with Crippen LogP contribution in [0.5, 0.6) is 0 Å². The quantitative estimate of drug-likeness (QED) is 0.871. The summed E-state index contributed by atoms with van der Waals surface area (Å²) in [6.45, 7) is 0. The van der Waals surface area contributed by atoms with Crippen molar-refractivity contribution < 1.29 is 9.63 Å². The fourth-order valence-electron chi connectivity index (χ4n) is 2.40. The zero-order valence-corrected chi connectivity index (χ0v) is 10.3. The van der Waals surface area contributed by atoms with Gasteiger partial charge in [-0.2, -0.15) is 4.98 Å². The van der Waals surface area contributed by atoms with Crippen molar-refractivity contribution in [3.63, 3.8) is 0 Å². The third kappa shape index (κ3) is 2.03. The maximum Gasteiger partial charge on any atom is 0.230 e. The molecule has 3 rings (SSSR count). The molecule has 1 N–H and O–H groups in total. The van der Waals surface area contributed by atoms with E-state index in [1.807, 2.05) is 11.6 Å². The van der Waals surface area contributed by atoms with E-state index in [0.29, 0.717) is 11.7 Å². The van der Waals surface area contributed by atoms with Crippen LogP contribution in [-0.2, 0) is 7.05 Å². The van der Waals surface area contributed by atoms with Gasteiger partial charge in [0, 0.05) is 13.0 Å². The lowest BCUT2D eigenvalue weighted by molar-refractivity contribution is 0.116. The van der Waals surface area contributed by atoms with Crippen LogP contribution in [0, 0.1) is 0 Å². The highest BCUT2D eigenvalue weighted by Crippen LogP contribution is 2.32. The van der Waals surface area contributed by atoms with Crippen LogP contribution in [-0.4, -0.2) is 30.9 Å². The predicted octanol–water partition coefficient (Wildman–Crippen LogP) is 1.49. The number of rotatable bonds is 2. The largest absolute Gasteiger partial charge is 0.393 e. The van der Waals surface area contributed by atoms with Crippen LogP contribution >= 0.6 is 0 Å². The van der Waals surface area contributed by atoms with Crippen LogP contribution in [0.1, 0.15) is 37.5 Å². The minimum atomic E-state index is -0.166. The molecular weight excluding hydrogens is 232 g/mol. The minimum Gasteiger partial charge on any atom is -0.393 e. The number of aliphatic hydroxyl groups excluding tert-OH is 1. The number of hydrogen-bond donors (Lipinski definition) is 1. The lowest BCUT2D eigenvalue weighted by Gasteiger charge is -2.22. The third-order valence-electron chi connectivity index (χ3n) is 3.53. The first kappa shape index (κ1) is 11.4.